The molecule has 0 bridgehead atoms. The van der Waals surface area contributed by atoms with Gasteiger partial charge in [0.25, 0.3) is 0 Å². The van der Waals surface area contributed by atoms with Crippen LogP contribution in [-0.4, -0.2) is 16.4 Å². The summed E-state index contributed by atoms with van der Waals surface area (Å²) in [7, 11) is -4.34. The third-order valence-corrected chi connectivity index (χ3v) is 7.79. The first kappa shape index (κ1) is 38.5. The van der Waals surface area contributed by atoms with Crippen LogP contribution in [-0.2, 0) is 9.09 Å². The molecule has 0 spiro atoms. The van der Waals surface area contributed by atoms with Gasteiger partial charge in [0.2, 0.25) is 0 Å². The summed E-state index contributed by atoms with van der Waals surface area (Å²) in [5.41, 5.74) is 7.37. The monoisotopic (exact) mass is 576 g/mol. The van der Waals surface area contributed by atoms with Crippen molar-refractivity contribution in [2.75, 3.05) is 6.61 Å². The standard InChI is InChI=1S/C35H61O4P/c1-9-10-11-16-29(2)20-14-23-33(6)27-35(8)28-34(7)24-15-21-31(4)18-12-17-30(3)19-13-22-32(5)25-26-39-40(36,37)38/h9-10,18-20,24,27,32,35H,11-17,21-23,25-26,28H2,1-8H3,(H2,36,37,38)/b10-9+,29-20+,30-19+,31-18+,33-27+,34-24+. The van der Waals surface area contributed by atoms with Gasteiger partial charge in [-0.05, 0) is 130 Å². The van der Waals surface area contributed by atoms with Crippen LogP contribution in [0.1, 0.15) is 132 Å². The van der Waals surface area contributed by atoms with Crippen LogP contribution in [0.25, 0.3) is 0 Å². The van der Waals surface area contributed by atoms with E-state index in [9.17, 15) is 4.57 Å². The highest BCUT2D eigenvalue weighted by Crippen LogP contribution is 2.36. The van der Waals surface area contributed by atoms with Crippen molar-refractivity contribution in [2.45, 2.75) is 132 Å². The number of hydrogen-bond acceptors (Lipinski definition) is 2. The molecule has 0 heterocycles. The Hall–Kier alpha value is -1.45. The van der Waals surface area contributed by atoms with Gasteiger partial charge in [-0.15, -0.1) is 0 Å². The third kappa shape index (κ3) is 25.5. The van der Waals surface area contributed by atoms with E-state index in [1.165, 1.54) is 34.3 Å². The summed E-state index contributed by atoms with van der Waals surface area (Å²) in [4.78, 5) is 17.5. The quantitative estimate of drug-likeness (QED) is 0.0993. The van der Waals surface area contributed by atoms with E-state index in [1.54, 1.807) is 0 Å². The van der Waals surface area contributed by atoms with Gasteiger partial charge in [0.05, 0.1) is 6.61 Å². The predicted molar refractivity (Wildman–Crippen MR) is 175 cm³/mol. The first-order valence-corrected chi connectivity index (χ1v) is 17.0. The summed E-state index contributed by atoms with van der Waals surface area (Å²) in [6, 6.07) is 0. The third-order valence-electron chi connectivity index (χ3n) is 7.27. The van der Waals surface area contributed by atoms with Crippen molar-refractivity contribution in [3.05, 3.63) is 70.4 Å². The van der Waals surface area contributed by atoms with Gasteiger partial charge < -0.3 is 9.79 Å². The molecule has 0 aliphatic carbocycles. The molecule has 0 aromatic carbocycles. The van der Waals surface area contributed by atoms with E-state index in [0.717, 1.165) is 64.2 Å². The van der Waals surface area contributed by atoms with E-state index in [0.29, 0.717) is 18.3 Å². The number of phosphoric acid groups is 1. The Bertz CT molecular complexity index is 914. The predicted octanol–water partition coefficient (Wildman–Crippen LogP) is 11.4. The lowest BCUT2D eigenvalue weighted by Crippen LogP contribution is -2.00. The van der Waals surface area contributed by atoms with Crippen molar-refractivity contribution in [3.8, 4) is 0 Å². The Balaban J connectivity index is 4.25. The van der Waals surface area contributed by atoms with E-state index in [1.807, 2.05) is 0 Å². The van der Waals surface area contributed by atoms with Gasteiger partial charge in [0.15, 0.2) is 0 Å². The van der Waals surface area contributed by atoms with E-state index < -0.39 is 7.82 Å². The molecule has 0 aliphatic rings. The molecule has 0 fully saturated rings. The minimum Gasteiger partial charge on any atom is -0.303 e. The van der Waals surface area contributed by atoms with Gasteiger partial charge in [0, 0.05) is 0 Å². The maximum atomic E-state index is 10.7. The van der Waals surface area contributed by atoms with Crippen LogP contribution in [0.5, 0.6) is 0 Å². The normalized spacial score (nSPS) is 16.2. The Morgan fingerprint density at radius 2 is 1.18 bits per heavy atom. The summed E-state index contributed by atoms with van der Waals surface area (Å²) < 4.78 is 15.3. The lowest BCUT2D eigenvalue weighted by atomic mass is 9.97. The van der Waals surface area contributed by atoms with E-state index in [4.69, 9.17) is 9.79 Å². The van der Waals surface area contributed by atoms with Gasteiger partial charge in [-0.2, -0.15) is 0 Å². The van der Waals surface area contributed by atoms with Crippen molar-refractivity contribution in [1.82, 2.24) is 0 Å². The summed E-state index contributed by atoms with van der Waals surface area (Å²) in [6.45, 7) is 17.9. The second kappa shape index (κ2) is 23.1. The molecule has 2 unspecified atom stereocenters. The molecule has 0 aromatic rings. The molecule has 0 amide bonds. The molecule has 5 heteroatoms. The van der Waals surface area contributed by atoms with Crippen LogP contribution in [0, 0.1) is 11.8 Å². The summed E-state index contributed by atoms with van der Waals surface area (Å²) in [5.74, 6) is 0.964. The molecular formula is C35H61O4P. The van der Waals surface area contributed by atoms with Gasteiger partial charge >= 0.3 is 7.82 Å². The Morgan fingerprint density at radius 1 is 0.700 bits per heavy atom. The Kier molecular flexibility index (Phi) is 22.3. The second-order valence-corrected chi connectivity index (χ2v) is 13.2. The molecule has 230 valence electrons. The fraction of sp³-hybridized carbons (Fsp3) is 0.657. The molecule has 0 rings (SSSR count). The average molecular weight is 577 g/mol. The maximum Gasteiger partial charge on any atom is 0.469 e. The minimum absolute atomic E-state index is 0.109. The van der Waals surface area contributed by atoms with Crippen LogP contribution in [0.3, 0.4) is 0 Å². The molecule has 0 radical (unpaired) electrons. The molecule has 40 heavy (non-hydrogen) atoms. The average Bonchev–Trinajstić information content (AvgIpc) is 2.83. The van der Waals surface area contributed by atoms with Crippen molar-refractivity contribution < 1.29 is 18.9 Å². The molecule has 0 saturated carbocycles. The highest BCUT2D eigenvalue weighted by atomic mass is 31.2. The molecule has 0 aliphatic heterocycles. The van der Waals surface area contributed by atoms with Crippen molar-refractivity contribution in [1.29, 1.82) is 0 Å². The summed E-state index contributed by atoms with van der Waals surface area (Å²) >= 11 is 0. The van der Waals surface area contributed by atoms with E-state index in [-0.39, 0.29) is 6.61 Å². The zero-order valence-corrected chi connectivity index (χ0v) is 27.9. The molecular weight excluding hydrogens is 515 g/mol. The zero-order valence-electron chi connectivity index (χ0n) is 27.0. The lowest BCUT2D eigenvalue weighted by Gasteiger charge is -2.11. The van der Waals surface area contributed by atoms with Crippen molar-refractivity contribution in [2.24, 2.45) is 11.8 Å². The molecule has 2 atom stereocenters. The number of phosphoric ester groups is 1. The van der Waals surface area contributed by atoms with Crippen LogP contribution >= 0.6 is 7.82 Å². The van der Waals surface area contributed by atoms with Crippen LogP contribution in [0.2, 0.25) is 0 Å². The molecule has 4 nitrogen and oxygen atoms in total. The first-order valence-electron chi connectivity index (χ1n) is 15.4. The van der Waals surface area contributed by atoms with Crippen LogP contribution < -0.4 is 0 Å². The molecule has 0 aromatic heterocycles. The molecule has 2 N–H and O–H groups in total. The van der Waals surface area contributed by atoms with Crippen molar-refractivity contribution in [3.63, 3.8) is 0 Å². The SMILES string of the molecule is C/C=C/CC/C(C)=C/CC/C(C)=C/C(C)C/C(C)=C/CC/C(C)=C/CC/C(C)=C/CCC(C)CCOP(=O)(O)O. The van der Waals surface area contributed by atoms with Gasteiger partial charge in [0.1, 0.15) is 0 Å². The Labute approximate surface area is 247 Å². The van der Waals surface area contributed by atoms with Crippen LogP contribution in [0.4, 0.5) is 0 Å². The summed E-state index contributed by atoms with van der Waals surface area (Å²) in [5, 5.41) is 0. The van der Waals surface area contributed by atoms with E-state index in [2.05, 4.69) is 102 Å². The fourth-order valence-electron chi connectivity index (χ4n) is 4.77. The molecule has 0 saturated heterocycles. The fourth-order valence-corrected chi connectivity index (χ4v) is 5.12. The highest BCUT2D eigenvalue weighted by Gasteiger charge is 2.13. The second-order valence-electron chi connectivity index (χ2n) is 11.9. The smallest absolute Gasteiger partial charge is 0.303 e. The first-order chi connectivity index (χ1) is 18.8. The zero-order chi connectivity index (χ0) is 30.4. The lowest BCUT2D eigenvalue weighted by molar-refractivity contribution is 0.185. The van der Waals surface area contributed by atoms with Gasteiger partial charge in [-0.3, -0.25) is 4.52 Å². The highest BCUT2D eigenvalue weighted by molar-refractivity contribution is 7.46. The van der Waals surface area contributed by atoms with Crippen LogP contribution in [0.15, 0.2) is 70.4 Å². The maximum absolute atomic E-state index is 10.7. The number of hydrogen-bond donors (Lipinski definition) is 2. The van der Waals surface area contributed by atoms with Gasteiger partial charge in [-0.1, -0.05) is 84.2 Å². The van der Waals surface area contributed by atoms with Gasteiger partial charge in [-0.25, -0.2) is 4.57 Å². The van der Waals surface area contributed by atoms with E-state index >= 15 is 0 Å². The summed E-state index contributed by atoms with van der Waals surface area (Å²) in [6.07, 6.45) is 29.2. The largest absolute Gasteiger partial charge is 0.469 e. The minimum atomic E-state index is -4.34. The number of rotatable bonds is 22. The van der Waals surface area contributed by atoms with Crippen molar-refractivity contribution >= 4 is 7.82 Å². The Morgan fingerprint density at radius 3 is 1.70 bits per heavy atom. The topological polar surface area (TPSA) is 66.8 Å². The number of allylic oxidation sites excluding steroid dienone is 12.